The topological polar surface area (TPSA) is 67.9 Å². The van der Waals surface area contributed by atoms with Crippen LogP contribution in [0, 0.1) is 13.8 Å². The van der Waals surface area contributed by atoms with Gasteiger partial charge >= 0.3 is 6.09 Å². The van der Waals surface area contributed by atoms with Crippen LogP contribution in [0.3, 0.4) is 0 Å². The Morgan fingerprint density at radius 3 is 2.50 bits per heavy atom. The van der Waals surface area contributed by atoms with Gasteiger partial charge < -0.3 is 19.7 Å². The fourth-order valence-corrected chi connectivity index (χ4v) is 3.08. The SMILES string of the molecule is CCOC(=O)N1CCC(NC(=O)c2cc(C)cc(C)c2OC)CC1. The minimum absolute atomic E-state index is 0.0497. The number of hydrogen-bond donors (Lipinski definition) is 1. The Balaban J connectivity index is 1.98. The van der Waals surface area contributed by atoms with Crippen molar-refractivity contribution in [1.82, 2.24) is 10.2 Å². The van der Waals surface area contributed by atoms with E-state index in [0.29, 0.717) is 31.0 Å². The number of methoxy groups -OCH3 is 1. The van der Waals surface area contributed by atoms with Gasteiger partial charge in [-0.05, 0) is 50.8 Å². The molecule has 6 nitrogen and oxygen atoms in total. The van der Waals surface area contributed by atoms with Crippen molar-refractivity contribution in [1.29, 1.82) is 0 Å². The summed E-state index contributed by atoms with van der Waals surface area (Å²) in [6.45, 7) is 7.24. The van der Waals surface area contributed by atoms with Gasteiger partial charge in [-0.15, -0.1) is 0 Å². The molecule has 0 unspecified atom stereocenters. The Labute approximate surface area is 143 Å². The summed E-state index contributed by atoms with van der Waals surface area (Å²) in [7, 11) is 1.58. The van der Waals surface area contributed by atoms with Crippen molar-refractivity contribution >= 4 is 12.0 Å². The maximum absolute atomic E-state index is 12.6. The van der Waals surface area contributed by atoms with Gasteiger partial charge in [-0.1, -0.05) is 6.07 Å². The molecule has 1 fully saturated rings. The van der Waals surface area contributed by atoms with Crippen LogP contribution in [0.2, 0.25) is 0 Å². The first-order valence-corrected chi connectivity index (χ1v) is 8.34. The highest BCUT2D eigenvalue weighted by Crippen LogP contribution is 2.25. The van der Waals surface area contributed by atoms with Gasteiger partial charge in [0.2, 0.25) is 0 Å². The molecular weight excluding hydrogens is 308 g/mol. The fourth-order valence-electron chi connectivity index (χ4n) is 3.08. The average Bonchev–Trinajstić information content (AvgIpc) is 2.55. The number of nitrogens with one attached hydrogen (secondary N) is 1. The lowest BCUT2D eigenvalue weighted by molar-refractivity contribution is 0.0858. The first kappa shape index (κ1) is 18.1. The minimum atomic E-state index is -0.279. The molecule has 1 aliphatic rings. The van der Waals surface area contributed by atoms with E-state index in [2.05, 4.69) is 5.32 Å². The number of aryl methyl sites for hydroxylation is 2. The zero-order valence-electron chi connectivity index (χ0n) is 14.8. The van der Waals surface area contributed by atoms with Gasteiger partial charge in [-0.3, -0.25) is 4.79 Å². The van der Waals surface area contributed by atoms with Crippen molar-refractivity contribution in [3.05, 3.63) is 28.8 Å². The standard InChI is InChI=1S/C18H26N2O4/c1-5-24-18(22)20-8-6-14(7-9-20)19-17(21)15-11-12(2)10-13(3)16(15)23-4/h10-11,14H,5-9H2,1-4H3,(H,19,21). The molecule has 1 aromatic carbocycles. The number of amides is 2. The van der Waals surface area contributed by atoms with E-state index in [1.807, 2.05) is 26.0 Å². The molecule has 0 aromatic heterocycles. The Morgan fingerprint density at radius 2 is 1.92 bits per heavy atom. The highest BCUT2D eigenvalue weighted by Gasteiger charge is 2.25. The molecule has 6 heteroatoms. The van der Waals surface area contributed by atoms with Gasteiger partial charge in [0.1, 0.15) is 5.75 Å². The Kier molecular flexibility index (Phi) is 6.06. The van der Waals surface area contributed by atoms with E-state index in [1.165, 1.54) is 0 Å². The van der Waals surface area contributed by atoms with Crippen LogP contribution < -0.4 is 10.1 Å². The molecule has 24 heavy (non-hydrogen) atoms. The molecular formula is C18H26N2O4. The third kappa shape index (κ3) is 4.19. The summed E-state index contributed by atoms with van der Waals surface area (Å²) in [6, 6.07) is 3.89. The van der Waals surface area contributed by atoms with Crippen LogP contribution in [0.4, 0.5) is 4.79 Å². The van der Waals surface area contributed by atoms with Crippen molar-refractivity contribution in [3.63, 3.8) is 0 Å². The van der Waals surface area contributed by atoms with Crippen molar-refractivity contribution < 1.29 is 19.1 Å². The van der Waals surface area contributed by atoms with Crippen molar-refractivity contribution in [2.24, 2.45) is 0 Å². The zero-order chi connectivity index (χ0) is 17.7. The van der Waals surface area contributed by atoms with Gasteiger partial charge in [-0.25, -0.2) is 4.79 Å². The molecule has 0 radical (unpaired) electrons. The number of nitrogens with zero attached hydrogens (tertiary/aromatic N) is 1. The predicted octanol–water partition coefficient (Wildman–Crippen LogP) is 2.66. The van der Waals surface area contributed by atoms with Crippen LogP contribution in [-0.4, -0.2) is 49.7 Å². The molecule has 1 heterocycles. The molecule has 1 saturated heterocycles. The molecule has 1 aromatic rings. The molecule has 0 bridgehead atoms. The van der Waals surface area contributed by atoms with E-state index < -0.39 is 0 Å². The number of rotatable bonds is 4. The van der Waals surface area contributed by atoms with E-state index in [9.17, 15) is 9.59 Å². The first-order chi connectivity index (χ1) is 11.5. The molecule has 0 saturated carbocycles. The van der Waals surface area contributed by atoms with E-state index in [4.69, 9.17) is 9.47 Å². The quantitative estimate of drug-likeness (QED) is 0.919. The molecule has 0 atom stereocenters. The number of piperidine rings is 1. The third-order valence-electron chi connectivity index (χ3n) is 4.22. The zero-order valence-corrected chi connectivity index (χ0v) is 14.8. The van der Waals surface area contributed by atoms with E-state index in [0.717, 1.165) is 24.0 Å². The lowest BCUT2D eigenvalue weighted by Crippen LogP contribution is -2.46. The maximum atomic E-state index is 12.6. The molecule has 132 valence electrons. The van der Waals surface area contributed by atoms with Crippen LogP contribution >= 0.6 is 0 Å². The van der Waals surface area contributed by atoms with Crippen LogP contribution in [0.25, 0.3) is 0 Å². The Bertz CT molecular complexity index is 607. The van der Waals surface area contributed by atoms with Crippen molar-refractivity contribution in [3.8, 4) is 5.75 Å². The largest absolute Gasteiger partial charge is 0.496 e. The highest BCUT2D eigenvalue weighted by molar-refractivity contribution is 5.97. The Morgan fingerprint density at radius 1 is 1.25 bits per heavy atom. The second-order valence-electron chi connectivity index (χ2n) is 6.10. The predicted molar refractivity (Wildman–Crippen MR) is 91.6 cm³/mol. The van der Waals surface area contributed by atoms with Crippen LogP contribution in [0.15, 0.2) is 12.1 Å². The smallest absolute Gasteiger partial charge is 0.409 e. The van der Waals surface area contributed by atoms with Gasteiger partial charge in [0.25, 0.3) is 5.91 Å². The first-order valence-electron chi connectivity index (χ1n) is 8.34. The summed E-state index contributed by atoms with van der Waals surface area (Å²) in [5, 5.41) is 3.06. The number of carbonyl (C=O) groups excluding carboxylic acids is 2. The van der Waals surface area contributed by atoms with Crippen molar-refractivity contribution in [2.75, 3.05) is 26.8 Å². The lowest BCUT2D eigenvalue weighted by atomic mass is 10.0. The van der Waals surface area contributed by atoms with E-state index in [-0.39, 0.29) is 18.0 Å². The molecule has 0 spiro atoms. The van der Waals surface area contributed by atoms with Gasteiger partial charge in [-0.2, -0.15) is 0 Å². The van der Waals surface area contributed by atoms with E-state index in [1.54, 1.807) is 18.9 Å². The lowest BCUT2D eigenvalue weighted by Gasteiger charge is -2.31. The monoisotopic (exact) mass is 334 g/mol. The summed E-state index contributed by atoms with van der Waals surface area (Å²) in [4.78, 5) is 26.0. The van der Waals surface area contributed by atoms with Gasteiger partial charge in [0.15, 0.2) is 0 Å². The van der Waals surface area contributed by atoms with Crippen molar-refractivity contribution in [2.45, 2.75) is 39.7 Å². The second-order valence-corrected chi connectivity index (χ2v) is 6.10. The third-order valence-corrected chi connectivity index (χ3v) is 4.22. The molecule has 2 rings (SSSR count). The highest BCUT2D eigenvalue weighted by atomic mass is 16.6. The molecule has 2 amide bonds. The summed E-state index contributed by atoms with van der Waals surface area (Å²) >= 11 is 0. The van der Waals surface area contributed by atoms with E-state index >= 15 is 0 Å². The molecule has 0 aliphatic carbocycles. The number of hydrogen-bond acceptors (Lipinski definition) is 4. The summed E-state index contributed by atoms with van der Waals surface area (Å²) in [6.07, 6.45) is 1.16. The number of benzene rings is 1. The normalized spacial score (nSPS) is 15.1. The second kappa shape index (κ2) is 8.04. The Hall–Kier alpha value is -2.24. The number of carbonyl (C=O) groups is 2. The maximum Gasteiger partial charge on any atom is 0.409 e. The summed E-state index contributed by atoms with van der Waals surface area (Å²) in [5.41, 5.74) is 2.53. The van der Waals surface area contributed by atoms with Crippen LogP contribution in [0.1, 0.15) is 41.3 Å². The van der Waals surface area contributed by atoms with Gasteiger partial charge in [0, 0.05) is 19.1 Å². The number of likely N-dealkylation sites (tertiary alicyclic amines) is 1. The molecule has 1 N–H and O–H groups in total. The minimum Gasteiger partial charge on any atom is -0.496 e. The average molecular weight is 334 g/mol. The van der Waals surface area contributed by atoms with Crippen LogP contribution in [-0.2, 0) is 4.74 Å². The number of ether oxygens (including phenoxy) is 2. The fraction of sp³-hybridized carbons (Fsp3) is 0.556. The summed E-state index contributed by atoms with van der Waals surface area (Å²) < 4.78 is 10.4. The van der Waals surface area contributed by atoms with Crippen LogP contribution in [0.5, 0.6) is 5.75 Å². The summed E-state index contributed by atoms with van der Waals surface area (Å²) in [5.74, 6) is 0.482. The van der Waals surface area contributed by atoms with Gasteiger partial charge in [0.05, 0.1) is 19.3 Å². The molecule has 1 aliphatic heterocycles.